The fraction of sp³-hybridized carbons (Fsp3) is 0.167. The molecule has 65 heavy (non-hydrogen) atoms. The summed E-state index contributed by atoms with van der Waals surface area (Å²) < 4.78 is 8.98. The van der Waals surface area contributed by atoms with Crippen molar-refractivity contribution in [3.8, 4) is 34.1 Å². The van der Waals surface area contributed by atoms with E-state index in [1.165, 1.54) is 61.4 Å². The lowest BCUT2D eigenvalue weighted by molar-refractivity contribution is 0.270. The average Bonchev–Trinajstić information content (AvgIpc) is 4.04. The van der Waals surface area contributed by atoms with Crippen LogP contribution in [0.1, 0.15) is 65.1 Å². The Labute approximate surface area is 378 Å². The molecule has 0 N–H and O–H groups in total. The summed E-state index contributed by atoms with van der Waals surface area (Å²) >= 11 is 0. The first kappa shape index (κ1) is 36.9. The molecule has 312 valence electrons. The number of rotatable bonds is 5. The molecule has 7 aromatic rings. The average molecular weight is 839 g/mol. The molecule has 4 unspecified atom stereocenters. The van der Waals surface area contributed by atoms with Crippen molar-refractivity contribution >= 4 is 46.0 Å². The van der Waals surface area contributed by atoms with Gasteiger partial charge >= 0.3 is 0 Å². The number of aryl methyl sites for hydroxylation is 1. The summed E-state index contributed by atoms with van der Waals surface area (Å²) in [5.74, 6) is 2.22. The maximum atomic E-state index is 6.62. The van der Waals surface area contributed by atoms with E-state index in [1.54, 1.807) is 0 Å². The molecule has 4 atom stereocenters. The van der Waals surface area contributed by atoms with Gasteiger partial charge in [-0.15, -0.1) is 0 Å². The smallest absolute Gasteiger partial charge is 0.235 e. The van der Waals surface area contributed by atoms with E-state index < -0.39 is 0 Å². The van der Waals surface area contributed by atoms with Gasteiger partial charge in [0.15, 0.2) is 0 Å². The lowest BCUT2D eigenvalue weighted by Gasteiger charge is -2.32. The van der Waals surface area contributed by atoms with Crippen LogP contribution in [0.4, 0.5) is 5.69 Å². The number of nitrogens with zero attached hydrogens (tertiary/aromatic N) is 4. The predicted molar refractivity (Wildman–Crippen MR) is 265 cm³/mol. The Morgan fingerprint density at radius 2 is 1.51 bits per heavy atom. The predicted octanol–water partition coefficient (Wildman–Crippen LogP) is 11.9. The van der Waals surface area contributed by atoms with E-state index >= 15 is 0 Å². The van der Waals surface area contributed by atoms with Gasteiger partial charge in [-0.05, 0) is 108 Å². The number of ether oxygens (including phenoxy) is 1. The van der Waals surface area contributed by atoms with Crippen molar-refractivity contribution in [3.63, 3.8) is 0 Å². The lowest BCUT2D eigenvalue weighted by Crippen LogP contribution is -2.35. The van der Waals surface area contributed by atoms with Crippen molar-refractivity contribution in [2.24, 2.45) is 5.92 Å². The van der Waals surface area contributed by atoms with Crippen LogP contribution in [0.25, 0.3) is 68.6 Å². The molecule has 0 spiro atoms. The lowest BCUT2D eigenvalue weighted by atomic mass is 9.79. The maximum absolute atomic E-state index is 6.62. The summed E-state index contributed by atoms with van der Waals surface area (Å²) in [6.45, 7) is 0. The third-order valence-electron chi connectivity index (χ3n) is 14.9. The van der Waals surface area contributed by atoms with E-state index in [-0.39, 0.29) is 24.0 Å². The zero-order valence-electron chi connectivity index (χ0n) is 36.1. The minimum absolute atomic E-state index is 0.0381. The second kappa shape index (κ2) is 14.5. The normalized spacial score (nSPS) is 21.6. The Morgan fingerprint density at radius 3 is 2.48 bits per heavy atom. The highest BCUT2D eigenvalue weighted by Gasteiger charge is 2.43. The van der Waals surface area contributed by atoms with Crippen molar-refractivity contribution in [2.75, 3.05) is 4.90 Å². The van der Waals surface area contributed by atoms with Gasteiger partial charge in [-0.25, -0.2) is 9.97 Å². The largest absolute Gasteiger partial charge is 0.484 e. The SMILES string of the molecule is C1=CC2Oc3c(-c4cccc(-c5nc(-n6c7c(c8cc(C9=CC%10C%11=C(CCc%12ccccc%12%11)N(c%11ccccc%11)C%10C=C9)ccc86)C=CCC7)nc6c5=CCCC=6)c4)cccc3C2C=C1. The van der Waals surface area contributed by atoms with E-state index in [4.69, 9.17) is 14.7 Å². The van der Waals surface area contributed by atoms with Crippen LogP contribution in [0.2, 0.25) is 0 Å². The Kier molecular flexibility index (Phi) is 8.25. The number of hydrogen-bond acceptors (Lipinski definition) is 4. The second-order valence-corrected chi connectivity index (χ2v) is 18.4. The number of allylic oxidation sites excluding steroid dienone is 6. The summed E-state index contributed by atoms with van der Waals surface area (Å²) in [5.41, 5.74) is 18.9. The number of fused-ring (bicyclic) bond motifs is 11. The van der Waals surface area contributed by atoms with Crippen LogP contribution < -0.4 is 20.2 Å². The molecule has 0 saturated carbocycles. The van der Waals surface area contributed by atoms with E-state index in [2.05, 4.69) is 192 Å². The van der Waals surface area contributed by atoms with Crippen molar-refractivity contribution < 1.29 is 4.74 Å². The molecule has 0 bridgehead atoms. The number of anilines is 1. The molecule has 5 aliphatic carbocycles. The van der Waals surface area contributed by atoms with Gasteiger partial charge < -0.3 is 9.64 Å². The monoisotopic (exact) mass is 838 g/mol. The first-order valence-electron chi connectivity index (χ1n) is 23.5. The molecule has 5 heteroatoms. The van der Waals surface area contributed by atoms with Gasteiger partial charge in [0, 0.05) is 61.8 Å². The highest BCUT2D eigenvalue weighted by molar-refractivity contribution is 5.97. The van der Waals surface area contributed by atoms with E-state index in [0.717, 1.165) is 88.7 Å². The topological polar surface area (TPSA) is 43.2 Å². The molecule has 0 amide bonds. The zero-order chi connectivity index (χ0) is 42.6. The summed E-state index contributed by atoms with van der Waals surface area (Å²) in [6.07, 6.45) is 31.4. The third-order valence-corrected chi connectivity index (χ3v) is 14.9. The van der Waals surface area contributed by atoms with E-state index in [1.807, 2.05) is 0 Å². The van der Waals surface area contributed by atoms with Gasteiger partial charge in [-0.1, -0.05) is 146 Å². The van der Waals surface area contributed by atoms with Crippen LogP contribution >= 0.6 is 0 Å². The minimum atomic E-state index is 0.0381. The molecular weight excluding hydrogens is 793 g/mol. The Balaban J connectivity index is 0.879. The van der Waals surface area contributed by atoms with Gasteiger partial charge in [0.05, 0.1) is 22.6 Å². The number of hydrogen-bond donors (Lipinski definition) is 0. The molecule has 2 aliphatic heterocycles. The van der Waals surface area contributed by atoms with Gasteiger partial charge in [-0.2, -0.15) is 0 Å². The molecule has 0 fully saturated rings. The number of benzene rings is 5. The summed E-state index contributed by atoms with van der Waals surface area (Å²) in [5, 5.41) is 3.37. The minimum Gasteiger partial charge on any atom is -0.484 e. The molecule has 0 saturated heterocycles. The fourth-order valence-corrected chi connectivity index (χ4v) is 12.0. The molecule has 7 aliphatic rings. The van der Waals surface area contributed by atoms with E-state index in [9.17, 15) is 0 Å². The van der Waals surface area contributed by atoms with Gasteiger partial charge in [0.1, 0.15) is 11.9 Å². The Hall–Kier alpha value is -7.50. The number of para-hydroxylation sites is 2. The van der Waals surface area contributed by atoms with Crippen LogP contribution in [-0.4, -0.2) is 26.7 Å². The molecule has 0 radical (unpaired) electrons. The van der Waals surface area contributed by atoms with Crippen molar-refractivity contribution in [3.05, 3.63) is 214 Å². The highest BCUT2D eigenvalue weighted by atomic mass is 16.5. The van der Waals surface area contributed by atoms with Gasteiger partial charge in [-0.3, -0.25) is 4.57 Å². The molecular formula is C60H46N4O. The van der Waals surface area contributed by atoms with Crippen LogP contribution in [-0.2, 0) is 12.8 Å². The summed E-state index contributed by atoms with van der Waals surface area (Å²) in [7, 11) is 0. The van der Waals surface area contributed by atoms with Crippen molar-refractivity contribution in [2.45, 2.75) is 56.6 Å². The quantitative estimate of drug-likeness (QED) is 0.173. The molecule has 2 aromatic heterocycles. The van der Waals surface area contributed by atoms with Crippen LogP contribution in [0.15, 0.2) is 170 Å². The second-order valence-electron chi connectivity index (χ2n) is 18.4. The van der Waals surface area contributed by atoms with Gasteiger partial charge in [0.2, 0.25) is 5.95 Å². The Morgan fingerprint density at radius 1 is 0.646 bits per heavy atom. The van der Waals surface area contributed by atoms with Gasteiger partial charge in [0.25, 0.3) is 0 Å². The zero-order valence-corrected chi connectivity index (χ0v) is 36.1. The standard InChI is InChI=1S/C60H46N4O/c1-2-17-42(18-3-1)63-54-32-30-39(36-50(54)57-43-19-5-4-14-37(43)28-33-55(57)63)38-29-31-53-49(35-38)45-20-7-10-26-52(45)64(53)60-61-51-25-9-6-22-48(51)58(62-60)41-16-12-15-40(34-41)44-23-13-24-47-46-21-8-11-27-56(46)65-59(44)47/h1-5,7-8,11-25,27,29-32,34-36,46,50,54,56H,6,9-10,26,28,33H2. The number of aromatic nitrogens is 3. The first-order valence-corrected chi connectivity index (χ1v) is 23.5. The highest BCUT2D eigenvalue weighted by Crippen LogP contribution is 2.52. The molecule has 5 nitrogen and oxygen atoms in total. The van der Waals surface area contributed by atoms with Crippen molar-refractivity contribution in [1.82, 2.24) is 14.5 Å². The summed E-state index contributed by atoms with van der Waals surface area (Å²) in [6, 6.07) is 42.8. The maximum Gasteiger partial charge on any atom is 0.235 e. The third kappa shape index (κ3) is 5.71. The van der Waals surface area contributed by atoms with E-state index in [0.29, 0.717) is 0 Å². The Bertz CT molecular complexity index is 3510. The molecule has 14 rings (SSSR count). The molecule has 4 heterocycles. The van der Waals surface area contributed by atoms with Crippen LogP contribution in [0.5, 0.6) is 5.75 Å². The fourth-order valence-electron chi connectivity index (χ4n) is 12.0. The van der Waals surface area contributed by atoms with Crippen LogP contribution in [0.3, 0.4) is 0 Å². The van der Waals surface area contributed by atoms with Crippen molar-refractivity contribution in [1.29, 1.82) is 0 Å². The summed E-state index contributed by atoms with van der Waals surface area (Å²) in [4.78, 5) is 13.6. The van der Waals surface area contributed by atoms with Crippen LogP contribution in [0, 0.1) is 5.92 Å². The molecule has 5 aromatic carbocycles. The first-order chi connectivity index (χ1) is 32.2.